The minimum atomic E-state index is -0.624. The molecule has 3 aliphatic rings. The molecular formula is C25H35N3O3. The zero-order valence-corrected chi connectivity index (χ0v) is 19.4. The van der Waals surface area contributed by atoms with Gasteiger partial charge in [0.2, 0.25) is 11.8 Å². The standard InChI is InChI=1S/C25H35N3O3/c1-24(2,3)17-21(29)27-14-10-25(11-15-27)19-16-18(8-9-20(19)26(4)23(25)31)22(30)28-12-6-5-7-13-28/h8-9,16H,5-7,10-15,17H2,1-4H3. The van der Waals surface area contributed by atoms with E-state index < -0.39 is 5.41 Å². The number of anilines is 1. The van der Waals surface area contributed by atoms with Gasteiger partial charge in [0, 0.05) is 50.9 Å². The smallest absolute Gasteiger partial charge is 0.253 e. The molecule has 0 bridgehead atoms. The number of likely N-dealkylation sites (tertiary alicyclic amines) is 2. The number of piperidine rings is 2. The van der Waals surface area contributed by atoms with Gasteiger partial charge in [-0.2, -0.15) is 0 Å². The van der Waals surface area contributed by atoms with E-state index in [9.17, 15) is 14.4 Å². The molecule has 1 aromatic carbocycles. The molecule has 3 aliphatic heterocycles. The highest BCUT2D eigenvalue weighted by Crippen LogP contribution is 2.48. The molecule has 1 aromatic rings. The molecule has 0 aliphatic carbocycles. The highest BCUT2D eigenvalue weighted by molar-refractivity contribution is 6.09. The zero-order chi connectivity index (χ0) is 22.4. The molecule has 2 fully saturated rings. The third-order valence-electron chi connectivity index (χ3n) is 7.13. The van der Waals surface area contributed by atoms with Crippen molar-refractivity contribution in [1.82, 2.24) is 9.80 Å². The van der Waals surface area contributed by atoms with E-state index in [1.54, 1.807) is 4.90 Å². The summed E-state index contributed by atoms with van der Waals surface area (Å²) in [4.78, 5) is 44.7. The van der Waals surface area contributed by atoms with Crippen molar-refractivity contribution in [3.8, 4) is 0 Å². The van der Waals surface area contributed by atoms with Crippen LogP contribution >= 0.6 is 0 Å². The predicted molar refractivity (Wildman–Crippen MR) is 121 cm³/mol. The van der Waals surface area contributed by atoms with Crippen molar-refractivity contribution in [1.29, 1.82) is 0 Å². The summed E-state index contributed by atoms with van der Waals surface area (Å²) >= 11 is 0. The molecule has 1 spiro atoms. The van der Waals surface area contributed by atoms with Crippen LogP contribution < -0.4 is 4.90 Å². The first-order valence-corrected chi connectivity index (χ1v) is 11.6. The summed E-state index contributed by atoms with van der Waals surface area (Å²) in [6.07, 6.45) is 5.03. The van der Waals surface area contributed by atoms with Crippen LogP contribution in [0.5, 0.6) is 0 Å². The Morgan fingerprint density at radius 2 is 1.61 bits per heavy atom. The quantitative estimate of drug-likeness (QED) is 0.728. The van der Waals surface area contributed by atoms with E-state index >= 15 is 0 Å². The zero-order valence-electron chi connectivity index (χ0n) is 19.4. The Bertz CT molecular complexity index is 888. The summed E-state index contributed by atoms with van der Waals surface area (Å²) in [5.74, 6) is 0.320. The third-order valence-corrected chi connectivity index (χ3v) is 7.13. The van der Waals surface area contributed by atoms with Gasteiger partial charge >= 0.3 is 0 Å². The number of fused-ring (bicyclic) bond motifs is 2. The normalized spacial score (nSPS) is 20.9. The minimum Gasteiger partial charge on any atom is -0.343 e. The van der Waals surface area contributed by atoms with Crippen molar-refractivity contribution in [2.24, 2.45) is 5.41 Å². The summed E-state index contributed by atoms with van der Waals surface area (Å²) in [7, 11) is 1.82. The summed E-state index contributed by atoms with van der Waals surface area (Å²) in [5, 5.41) is 0. The van der Waals surface area contributed by atoms with Crippen LogP contribution in [0.15, 0.2) is 18.2 Å². The lowest BCUT2D eigenvalue weighted by molar-refractivity contribution is -0.137. The van der Waals surface area contributed by atoms with E-state index in [0.29, 0.717) is 37.9 Å². The molecule has 0 radical (unpaired) electrons. The Morgan fingerprint density at radius 3 is 2.23 bits per heavy atom. The maximum atomic E-state index is 13.4. The molecule has 3 amide bonds. The molecule has 0 aromatic heterocycles. The van der Waals surface area contributed by atoms with Gasteiger partial charge in [-0.3, -0.25) is 14.4 Å². The van der Waals surface area contributed by atoms with Gasteiger partial charge in [0.25, 0.3) is 5.91 Å². The van der Waals surface area contributed by atoms with Crippen molar-refractivity contribution in [2.75, 3.05) is 38.1 Å². The lowest BCUT2D eigenvalue weighted by Crippen LogP contribution is -2.50. The minimum absolute atomic E-state index is 0.0497. The Labute approximate surface area is 185 Å². The average molecular weight is 426 g/mol. The second-order valence-electron chi connectivity index (χ2n) is 10.6. The maximum absolute atomic E-state index is 13.4. The fourth-order valence-electron chi connectivity index (χ4n) is 5.36. The van der Waals surface area contributed by atoms with Gasteiger partial charge in [0.15, 0.2) is 0 Å². The van der Waals surface area contributed by atoms with Gasteiger partial charge in [-0.25, -0.2) is 0 Å². The number of rotatable bonds is 2. The monoisotopic (exact) mass is 425 g/mol. The number of carbonyl (C=O) groups is 3. The first kappa shape index (κ1) is 21.8. The van der Waals surface area contributed by atoms with Crippen molar-refractivity contribution in [2.45, 2.75) is 64.7 Å². The van der Waals surface area contributed by atoms with E-state index in [1.807, 2.05) is 35.0 Å². The van der Waals surface area contributed by atoms with E-state index in [4.69, 9.17) is 0 Å². The number of likely N-dealkylation sites (N-methyl/N-ethyl adjacent to an activating group) is 1. The molecule has 168 valence electrons. The van der Waals surface area contributed by atoms with Gasteiger partial charge < -0.3 is 14.7 Å². The summed E-state index contributed by atoms with van der Waals surface area (Å²) in [6.45, 7) is 9.00. The topological polar surface area (TPSA) is 60.9 Å². The molecular weight excluding hydrogens is 390 g/mol. The van der Waals surface area contributed by atoms with Crippen LogP contribution in [0, 0.1) is 5.41 Å². The predicted octanol–water partition coefficient (Wildman–Crippen LogP) is 3.59. The van der Waals surface area contributed by atoms with Gasteiger partial charge in [-0.05, 0) is 61.3 Å². The number of carbonyl (C=O) groups excluding carboxylic acids is 3. The van der Waals surface area contributed by atoms with E-state index in [1.165, 1.54) is 6.42 Å². The Morgan fingerprint density at radius 1 is 0.968 bits per heavy atom. The van der Waals surface area contributed by atoms with Crippen LogP contribution in [0.25, 0.3) is 0 Å². The van der Waals surface area contributed by atoms with Crippen molar-refractivity contribution in [3.05, 3.63) is 29.3 Å². The number of hydrogen-bond acceptors (Lipinski definition) is 3. The van der Waals surface area contributed by atoms with Crippen molar-refractivity contribution in [3.63, 3.8) is 0 Å². The Balaban J connectivity index is 1.57. The lowest BCUT2D eigenvalue weighted by atomic mass is 9.73. The average Bonchev–Trinajstić information content (AvgIpc) is 2.95. The molecule has 2 saturated heterocycles. The molecule has 0 atom stereocenters. The fourth-order valence-corrected chi connectivity index (χ4v) is 5.36. The maximum Gasteiger partial charge on any atom is 0.253 e. The van der Waals surface area contributed by atoms with Gasteiger partial charge in [0.05, 0.1) is 5.41 Å². The molecule has 0 unspecified atom stereocenters. The molecule has 4 rings (SSSR count). The number of hydrogen-bond donors (Lipinski definition) is 0. The van der Waals surface area contributed by atoms with Crippen molar-refractivity contribution >= 4 is 23.4 Å². The highest BCUT2D eigenvalue weighted by atomic mass is 16.2. The van der Waals surface area contributed by atoms with E-state index in [0.717, 1.165) is 37.2 Å². The molecule has 0 saturated carbocycles. The van der Waals surface area contributed by atoms with Gasteiger partial charge in [-0.1, -0.05) is 20.8 Å². The molecule has 0 N–H and O–H groups in total. The van der Waals surface area contributed by atoms with E-state index in [-0.39, 0.29) is 23.1 Å². The van der Waals surface area contributed by atoms with Crippen LogP contribution in [0.2, 0.25) is 0 Å². The largest absolute Gasteiger partial charge is 0.343 e. The van der Waals surface area contributed by atoms with Crippen LogP contribution in [-0.4, -0.2) is 60.7 Å². The van der Waals surface area contributed by atoms with Gasteiger partial charge in [-0.15, -0.1) is 0 Å². The second-order valence-corrected chi connectivity index (χ2v) is 10.6. The number of amides is 3. The summed E-state index contributed by atoms with van der Waals surface area (Å²) < 4.78 is 0. The SMILES string of the molecule is CN1C(=O)C2(CCN(C(=O)CC(C)(C)C)CC2)c2cc(C(=O)N3CCCCC3)ccc21. The van der Waals surface area contributed by atoms with Crippen LogP contribution in [-0.2, 0) is 15.0 Å². The lowest BCUT2D eigenvalue weighted by Gasteiger charge is -2.39. The second kappa shape index (κ2) is 7.95. The molecule has 6 heteroatoms. The fraction of sp³-hybridized carbons (Fsp3) is 0.640. The van der Waals surface area contributed by atoms with Crippen LogP contribution in [0.3, 0.4) is 0 Å². The summed E-state index contributed by atoms with van der Waals surface area (Å²) in [6, 6.07) is 5.75. The van der Waals surface area contributed by atoms with Crippen LogP contribution in [0.4, 0.5) is 5.69 Å². The molecule has 31 heavy (non-hydrogen) atoms. The number of benzene rings is 1. The molecule has 6 nitrogen and oxygen atoms in total. The Hall–Kier alpha value is -2.37. The highest BCUT2D eigenvalue weighted by Gasteiger charge is 2.51. The van der Waals surface area contributed by atoms with Crippen molar-refractivity contribution < 1.29 is 14.4 Å². The van der Waals surface area contributed by atoms with Gasteiger partial charge in [0.1, 0.15) is 0 Å². The molecule has 3 heterocycles. The Kier molecular flexibility index (Phi) is 5.61. The third kappa shape index (κ3) is 3.97. The first-order valence-electron chi connectivity index (χ1n) is 11.6. The summed E-state index contributed by atoms with van der Waals surface area (Å²) in [5.41, 5.74) is 1.86. The van der Waals surface area contributed by atoms with E-state index in [2.05, 4.69) is 20.8 Å². The first-order chi connectivity index (χ1) is 14.6. The number of nitrogens with zero attached hydrogens (tertiary/aromatic N) is 3. The van der Waals surface area contributed by atoms with Crippen LogP contribution in [0.1, 0.15) is 75.2 Å².